The number of imide groups is 2. The van der Waals surface area contributed by atoms with Crippen molar-refractivity contribution < 1.29 is 46.3 Å². The maximum Gasteiger partial charge on any atom is 0.419 e. The first-order chi connectivity index (χ1) is 27.7. The highest BCUT2D eigenvalue weighted by atomic mass is 19.4. The minimum absolute atomic E-state index is 0.000847. The number of hydrogen-bond donors (Lipinski definition) is 5. The van der Waals surface area contributed by atoms with E-state index in [1.807, 2.05) is 6.07 Å². The van der Waals surface area contributed by atoms with Gasteiger partial charge < -0.3 is 30.9 Å². The van der Waals surface area contributed by atoms with Crippen molar-refractivity contribution in [3.8, 4) is 5.75 Å². The van der Waals surface area contributed by atoms with Gasteiger partial charge in [0.05, 0.1) is 46.4 Å². The molecular formula is C40H38F4N8O6. The molecule has 0 radical (unpaired) electrons. The molecule has 3 aliphatic rings. The van der Waals surface area contributed by atoms with E-state index >= 15 is 4.39 Å². The molecule has 2 saturated heterocycles. The Kier molecular flexibility index (Phi) is 11.0. The average Bonchev–Trinajstić information content (AvgIpc) is 3.44. The monoisotopic (exact) mass is 802 g/mol. The fourth-order valence-corrected chi connectivity index (χ4v) is 7.31. The smallest absolute Gasteiger partial charge is 0.419 e. The molecule has 0 spiro atoms. The minimum Gasteiger partial charge on any atom is -0.494 e. The second-order valence-electron chi connectivity index (χ2n) is 14.0. The molecule has 5 N–H and O–H groups in total. The quantitative estimate of drug-likeness (QED) is 0.0990. The van der Waals surface area contributed by atoms with Crippen LogP contribution in [-0.4, -0.2) is 78.8 Å². The summed E-state index contributed by atoms with van der Waals surface area (Å²) in [5.41, 5.74) is 0.358. The van der Waals surface area contributed by atoms with Gasteiger partial charge in [-0.3, -0.25) is 34.2 Å². The second-order valence-corrected chi connectivity index (χ2v) is 14.0. The predicted octanol–water partition coefficient (Wildman–Crippen LogP) is 5.25. The number of methoxy groups -OCH3 is 1. The van der Waals surface area contributed by atoms with E-state index in [-0.39, 0.29) is 64.9 Å². The van der Waals surface area contributed by atoms with Gasteiger partial charge in [-0.2, -0.15) is 13.2 Å². The van der Waals surface area contributed by atoms with Gasteiger partial charge >= 0.3 is 6.18 Å². The lowest BCUT2D eigenvalue weighted by atomic mass is 10.0. The third kappa shape index (κ3) is 8.00. The van der Waals surface area contributed by atoms with Gasteiger partial charge in [0.2, 0.25) is 11.8 Å². The number of amides is 5. The van der Waals surface area contributed by atoms with Gasteiger partial charge in [0, 0.05) is 68.7 Å². The highest BCUT2D eigenvalue weighted by Gasteiger charge is 2.45. The summed E-state index contributed by atoms with van der Waals surface area (Å²) in [5, 5.41) is 13.8. The number of benzene rings is 3. The maximum atomic E-state index is 15.2. The van der Waals surface area contributed by atoms with E-state index in [0.29, 0.717) is 43.6 Å². The van der Waals surface area contributed by atoms with Crippen molar-refractivity contribution >= 4 is 58.1 Å². The zero-order valence-corrected chi connectivity index (χ0v) is 31.3. The number of anilines is 5. The van der Waals surface area contributed by atoms with Crippen LogP contribution in [0.5, 0.6) is 5.75 Å². The minimum atomic E-state index is -4.73. The third-order valence-corrected chi connectivity index (χ3v) is 10.4. The Morgan fingerprint density at radius 2 is 1.64 bits per heavy atom. The normalized spacial score (nSPS) is 17.2. The van der Waals surface area contributed by atoms with Crippen LogP contribution in [-0.2, 0) is 22.3 Å². The summed E-state index contributed by atoms with van der Waals surface area (Å²) in [6.07, 6.45) is -2.68. The van der Waals surface area contributed by atoms with Gasteiger partial charge in [0.25, 0.3) is 17.7 Å². The Balaban J connectivity index is 0.986. The largest absolute Gasteiger partial charge is 0.494 e. The fraction of sp³-hybridized carbons (Fsp3) is 0.300. The Morgan fingerprint density at radius 3 is 2.33 bits per heavy atom. The molecule has 14 nitrogen and oxygen atoms in total. The molecule has 7 rings (SSSR count). The number of piperidine rings is 2. The predicted molar refractivity (Wildman–Crippen MR) is 204 cm³/mol. The number of carbonyl (C=O) groups excluding carboxylic acids is 5. The highest BCUT2D eigenvalue weighted by Crippen LogP contribution is 2.39. The second kappa shape index (κ2) is 16.1. The van der Waals surface area contributed by atoms with Crippen LogP contribution in [0.25, 0.3) is 0 Å². The van der Waals surface area contributed by atoms with Gasteiger partial charge in [-0.15, -0.1) is 0 Å². The zero-order chi connectivity index (χ0) is 41.3. The Labute approximate surface area is 329 Å². The van der Waals surface area contributed by atoms with E-state index in [4.69, 9.17) is 4.74 Å². The lowest BCUT2D eigenvalue weighted by molar-refractivity contribution is -0.137. The Hall–Kier alpha value is -6.56. The Bertz CT molecular complexity index is 2310. The molecule has 58 heavy (non-hydrogen) atoms. The van der Waals surface area contributed by atoms with Crippen molar-refractivity contribution in [2.45, 2.75) is 50.5 Å². The molecule has 0 bridgehead atoms. The molecule has 0 aliphatic carbocycles. The standard InChI is InChI=1S/C40H38F4N8O6/c1-45-36(54)24-5-3-4-6-29(24)48-31-18-34(47-20-27(31)40(42,43)44)49-30-8-7-23(16-33(30)58-2)51-13-11-22(12-14-51)46-19-21-15-25-26(17-28(21)41)39(57)52(38(25)56)32-9-10-35(53)50-37(32)55/h3-8,15-18,20,22,32,46H,9-14,19H2,1-2H3,(H,45,54)(H2,47,48,49)(H,50,53,55). The highest BCUT2D eigenvalue weighted by molar-refractivity contribution is 6.23. The van der Waals surface area contributed by atoms with Crippen LogP contribution < -0.4 is 36.2 Å². The van der Waals surface area contributed by atoms with Gasteiger partial charge in [-0.05, 0) is 55.7 Å². The van der Waals surface area contributed by atoms with Gasteiger partial charge in [0.1, 0.15) is 23.4 Å². The molecule has 4 aromatic rings. The average molecular weight is 803 g/mol. The summed E-state index contributed by atoms with van der Waals surface area (Å²) in [6.45, 7) is 1.34. The van der Waals surface area contributed by atoms with E-state index in [2.05, 4.69) is 36.5 Å². The lowest BCUT2D eigenvalue weighted by Crippen LogP contribution is -2.54. The number of nitrogens with zero attached hydrogens (tertiary/aromatic N) is 3. The summed E-state index contributed by atoms with van der Waals surface area (Å²) in [5.74, 6) is -3.35. The van der Waals surface area contributed by atoms with E-state index in [1.54, 1.807) is 24.3 Å². The molecule has 1 unspecified atom stereocenters. The van der Waals surface area contributed by atoms with E-state index in [1.165, 1.54) is 38.4 Å². The van der Waals surface area contributed by atoms with E-state index < -0.39 is 53.1 Å². The number of hydrogen-bond acceptors (Lipinski definition) is 11. The van der Waals surface area contributed by atoms with Crippen LogP contribution in [0.15, 0.2) is 66.9 Å². The van der Waals surface area contributed by atoms with Crippen molar-refractivity contribution in [3.05, 3.63) is 100 Å². The van der Waals surface area contributed by atoms with Crippen molar-refractivity contribution in [3.63, 3.8) is 0 Å². The molecule has 302 valence electrons. The first-order valence-corrected chi connectivity index (χ1v) is 18.4. The molecule has 0 saturated carbocycles. The number of alkyl halides is 3. The summed E-state index contributed by atoms with van der Waals surface area (Å²) in [7, 11) is 2.89. The molecule has 5 amide bonds. The number of rotatable bonds is 11. The molecular weight excluding hydrogens is 764 g/mol. The number of pyridine rings is 1. The number of nitrogens with one attached hydrogen (secondary N) is 5. The summed E-state index contributed by atoms with van der Waals surface area (Å²) in [4.78, 5) is 69.5. The van der Waals surface area contributed by atoms with Crippen molar-refractivity contribution in [1.29, 1.82) is 0 Å². The summed E-state index contributed by atoms with van der Waals surface area (Å²) in [6, 6.07) is 14.0. The number of ether oxygens (including phenoxy) is 1. The number of fused-ring (bicyclic) bond motifs is 1. The van der Waals surface area contributed by atoms with E-state index in [0.717, 1.165) is 16.7 Å². The van der Waals surface area contributed by atoms with Crippen LogP contribution in [0.3, 0.4) is 0 Å². The first-order valence-electron chi connectivity index (χ1n) is 18.4. The third-order valence-electron chi connectivity index (χ3n) is 10.4. The topological polar surface area (TPSA) is 174 Å². The molecule has 2 fully saturated rings. The van der Waals surface area contributed by atoms with Crippen LogP contribution in [0, 0.1) is 5.82 Å². The molecule has 18 heteroatoms. The number of halogens is 4. The maximum absolute atomic E-state index is 15.2. The van der Waals surface area contributed by atoms with Gasteiger partial charge in [-0.25, -0.2) is 9.37 Å². The van der Waals surface area contributed by atoms with Crippen LogP contribution >= 0.6 is 0 Å². The molecule has 4 heterocycles. The molecule has 3 aliphatic heterocycles. The SMILES string of the molecule is CNC(=O)c1ccccc1Nc1cc(Nc2ccc(N3CCC(NCc4cc5c(cc4F)C(=O)N(C4CCC(=O)NC4=O)C5=O)CC3)cc2OC)ncc1C(F)(F)F. The molecule has 1 atom stereocenters. The lowest BCUT2D eigenvalue weighted by Gasteiger charge is -2.34. The number of para-hydroxylation sites is 1. The van der Waals surface area contributed by atoms with Gasteiger partial charge in [-0.1, -0.05) is 12.1 Å². The van der Waals surface area contributed by atoms with Gasteiger partial charge in [0.15, 0.2) is 0 Å². The zero-order valence-electron chi connectivity index (χ0n) is 31.3. The molecule has 3 aromatic carbocycles. The number of aromatic nitrogens is 1. The fourth-order valence-electron chi connectivity index (χ4n) is 7.31. The van der Waals surface area contributed by atoms with Crippen molar-refractivity contribution in [2.24, 2.45) is 0 Å². The first kappa shape index (κ1) is 39.7. The van der Waals surface area contributed by atoms with E-state index in [9.17, 15) is 37.1 Å². The van der Waals surface area contributed by atoms with Crippen LogP contribution in [0.4, 0.5) is 46.1 Å². The molecule has 1 aromatic heterocycles. The Morgan fingerprint density at radius 1 is 0.914 bits per heavy atom. The van der Waals surface area contributed by atoms with Crippen molar-refractivity contribution in [2.75, 3.05) is 42.8 Å². The number of carbonyl (C=O) groups is 5. The van der Waals surface area contributed by atoms with Crippen LogP contribution in [0.2, 0.25) is 0 Å². The summed E-state index contributed by atoms with van der Waals surface area (Å²) < 4.78 is 62.9. The van der Waals surface area contributed by atoms with Crippen molar-refractivity contribution in [1.82, 2.24) is 25.8 Å². The van der Waals surface area contributed by atoms with Crippen LogP contribution in [0.1, 0.15) is 67.9 Å². The summed E-state index contributed by atoms with van der Waals surface area (Å²) >= 11 is 0.